The average Bonchev–Trinajstić information content (AvgIpc) is 3.04. The van der Waals surface area contributed by atoms with E-state index in [1.165, 1.54) is 19.2 Å². The number of fused-ring (bicyclic) bond motifs is 1. The lowest BCUT2D eigenvalue weighted by atomic mass is 9.95. The molecule has 15 nitrogen and oxygen atoms in total. The second-order valence-corrected chi connectivity index (χ2v) is 10.9. The topological polar surface area (TPSA) is 223 Å². The molecule has 0 spiro atoms. The van der Waals surface area contributed by atoms with E-state index in [1.807, 2.05) is 6.92 Å². The number of rotatable bonds is 10. The Morgan fingerprint density at radius 3 is 2.11 bits per heavy atom. The van der Waals surface area contributed by atoms with Crippen LogP contribution in [0.4, 0.5) is 0 Å². The lowest BCUT2D eigenvalue weighted by molar-refractivity contribution is -0.323. The van der Waals surface area contributed by atoms with Gasteiger partial charge < -0.3 is 68.9 Å². The number of ketones is 1. The highest BCUT2D eigenvalue weighted by Crippen LogP contribution is 2.43. The summed E-state index contributed by atoms with van der Waals surface area (Å²) in [7, 11) is 1.40. The molecular weight excluding hydrogens is 600 g/mol. The maximum Gasteiger partial charge on any atom is 0.229 e. The van der Waals surface area contributed by atoms with Gasteiger partial charge in [0.2, 0.25) is 6.29 Å². The molecule has 3 aliphatic heterocycles. The zero-order chi connectivity index (χ0) is 32.4. The fourth-order valence-corrected chi connectivity index (χ4v) is 5.41. The Balaban J connectivity index is 1.33. The summed E-state index contributed by atoms with van der Waals surface area (Å²) >= 11 is 0. The third-order valence-electron chi connectivity index (χ3n) is 7.94. The van der Waals surface area contributed by atoms with Crippen LogP contribution in [0.25, 0.3) is 0 Å². The molecule has 5 rings (SSSR count). The number of Topliss-reactive ketones (excluding diaryl/α,β-unsaturated/α-hetero) is 1. The molecule has 0 aliphatic carbocycles. The highest BCUT2D eigenvalue weighted by Gasteiger charge is 2.48. The Hall–Kier alpha value is -3.09. The summed E-state index contributed by atoms with van der Waals surface area (Å²) in [4.78, 5) is 13.4. The molecule has 0 bridgehead atoms. The van der Waals surface area contributed by atoms with Gasteiger partial charge in [0.1, 0.15) is 83.5 Å². The van der Waals surface area contributed by atoms with Crippen LogP contribution in [0.2, 0.25) is 0 Å². The molecule has 2 saturated heterocycles. The van der Waals surface area contributed by atoms with Crippen molar-refractivity contribution < 1.29 is 73.7 Å². The Morgan fingerprint density at radius 1 is 0.822 bits per heavy atom. The standard InChI is InChI=1S/C30H38O15/c1-3-40-14-6-4-13(5-7-14)17-10-16(32)22-18(42-17)8-15(39-2)9-19(22)43-30-28(38)26(36)24(34)21(45-30)12-41-29-27(37)25(35)23(33)20(11-31)44-29/h4-9,17,20-21,23-31,33-38H,3,10-12H2,1-2H3/t17?,20-,21-,23-,24-,25+,26+,27-,28-,29-,30-/m1/s1. The summed E-state index contributed by atoms with van der Waals surface area (Å²) < 4.78 is 39.4. The van der Waals surface area contributed by atoms with Gasteiger partial charge in [0.05, 0.1) is 33.4 Å². The zero-order valence-corrected chi connectivity index (χ0v) is 24.5. The van der Waals surface area contributed by atoms with Crippen molar-refractivity contribution in [2.75, 3.05) is 26.9 Å². The lowest BCUT2D eigenvalue weighted by Gasteiger charge is -2.42. The molecule has 3 aliphatic rings. The number of carbonyl (C=O) groups is 1. The monoisotopic (exact) mass is 638 g/mol. The maximum absolute atomic E-state index is 13.4. The number of aliphatic hydroxyl groups is 7. The third kappa shape index (κ3) is 6.88. The molecule has 1 unspecified atom stereocenters. The van der Waals surface area contributed by atoms with Gasteiger partial charge >= 0.3 is 0 Å². The van der Waals surface area contributed by atoms with Crippen molar-refractivity contribution in [3.05, 3.63) is 47.5 Å². The molecule has 11 atom stereocenters. The first-order valence-corrected chi connectivity index (χ1v) is 14.5. The minimum atomic E-state index is -1.79. The highest BCUT2D eigenvalue weighted by molar-refractivity contribution is 6.03. The van der Waals surface area contributed by atoms with E-state index in [-0.39, 0.29) is 35.0 Å². The number of hydrogen-bond acceptors (Lipinski definition) is 15. The first kappa shape index (κ1) is 33.3. The summed E-state index contributed by atoms with van der Waals surface area (Å²) in [6, 6.07) is 10.1. The predicted octanol–water partition coefficient (Wildman–Crippen LogP) is -1.20. The quantitative estimate of drug-likeness (QED) is 0.162. The number of aliphatic hydroxyl groups excluding tert-OH is 7. The second-order valence-electron chi connectivity index (χ2n) is 10.9. The summed E-state index contributed by atoms with van der Waals surface area (Å²) in [5.41, 5.74) is 0.802. The molecule has 2 aromatic rings. The molecule has 15 heteroatoms. The van der Waals surface area contributed by atoms with Gasteiger partial charge in [0.25, 0.3) is 0 Å². The van der Waals surface area contributed by atoms with Crippen LogP contribution in [0.15, 0.2) is 36.4 Å². The Kier molecular flexibility index (Phi) is 10.4. The molecule has 2 fully saturated rings. The van der Waals surface area contributed by atoms with E-state index in [0.717, 1.165) is 5.56 Å². The maximum atomic E-state index is 13.4. The molecule has 0 saturated carbocycles. The van der Waals surface area contributed by atoms with Gasteiger partial charge in [-0.25, -0.2) is 0 Å². The molecule has 248 valence electrons. The van der Waals surface area contributed by atoms with Gasteiger partial charge in [-0.05, 0) is 24.6 Å². The smallest absolute Gasteiger partial charge is 0.229 e. The highest BCUT2D eigenvalue weighted by atomic mass is 16.7. The number of methoxy groups -OCH3 is 1. The van der Waals surface area contributed by atoms with Crippen LogP contribution < -0.4 is 18.9 Å². The molecule has 0 radical (unpaired) electrons. The number of carbonyl (C=O) groups excluding carboxylic acids is 1. The predicted molar refractivity (Wildman–Crippen MR) is 150 cm³/mol. The summed E-state index contributed by atoms with van der Waals surface area (Å²) in [6.45, 7) is 1.16. The van der Waals surface area contributed by atoms with Gasteiger partial charge in [0.15, 0.2) is 12.1 Å². The fourth-order valence-electron chi connectivity index (χ4n) is 5.41. The van der Waals surface area contributed by atoms with Crippen LogP contribution in [0.3, 0.4) is 0 Å². The van der Waals surface area contributed by atoms with E-state index in [2.05, 4.69) is 0 Å². The summed E-state index contributed by atoms with van der Waals surface area (Å²) in [5.74, 6) is 0.698. The number of ether oxygens (including phenoxy) is 7. The van der Waals surface area contributed by atoms with Crippen molar-refractivity contribution in [3.63, 3.8) is 0 Å². The minimum Gasteiger partial charge on any atom is -0.496 e. The van der Waals surface area contributed by atoms with Gasteiger partial charge in [-0.1, -0.05) is 12.1 Å². The van der Waals surface area contributed by atoms with Crippen LogP contribution in [-0.2, 0) is 14.2 Å². The van der Waals surface area contributed by atoms with E-state index in [1.54, 1.807) is 24.3 Å². The normalized spacial score (nSPS) is 34.9. The second kappa shape index (κ2) is 14.1. The first-order valence-electron chi connectivity index (χ1n) is 14.5. The Bertz CT molecular complexity index is 1300. The Morgan fingerprint density at radius 2 is 1.47 bits per heavy atom. The van der Waals surface area contributed by atoms with E-state index in [0.29, 0.717) is 12.4 Å². The molecule has 7 N–H and O–H groups in total. The van der Waals surface area contributed by atoms with Gasteiger partial charge in [-0.2, -0.15) is 0 Å². The van der Waals surface area contributed by atoms with Crippen LogP contribution >= 0.6 is 0 Å². The van der Waals surface area contributed by atoms with Gasteiger partial charge in [-0.15, -0.1) is 0 Å². The SMILES string of the molecule is CCOc1ccc(C2CC(=O)c3c(cc(OC)cc3O[C@@H]3O[C@H](CO[C@@H]4O[C@H](CO)[C@@H](O)[C@H](O)[C@H]4O)[C@@H](O)[C@H](O)[C@H]3O)O2)cc1. The molecule has 0 amide bonds. The molecule has 3 heterocycles. The molecular formula is C30H38O15. The number of hydrogen-bond donors (Lipinski definition) is 7. The van der Waals surface area contributed by atoms with E-state index in [9.17, 15) is 40.5 Å². The van der Waals surface area contributed by atoms with Crippen molar-refractivity contribution in [1.29, 1.82) is 0 Å². The van der Waals surface area contributed by atoms with Crippen molar-refractivity contribution in [3.8, 4) is 23.0 Å². The molecule has 45 heavy (non-hydrogen) atoms. The average molecular weight is 639 g/mol. The van der Waals surface area contributed by atoms with Crippen molar-refractivity contribution in [2.24, 2.45) is 0 Å². The van der Waals surface area contributed by atoms with Crippen LogP contribution in [-0.4, -0.2) is 130 Å². The van der Waals surface area contributed by atoms with Crippen molar-refractivity contribution in [2.45, 2.75) is 80.9 Å². The van der Waals surface area contributed by atoms with E-state index >= 15 is 0 Å². The van der Waals surface area contributed by atoms with Crippen LogP contribution in [0.5, 0.6) is 23.0 Å². The van der Waals surface area contributed by atoms with Crippen LogP contribution in [0, 0.1) is 0 Å². The largest absolute Gasteiger partial charge is 0.496 e. The fraction of sp³-hybridized carbons (Fsp3) is 0.567. The van der Waals surface area contributed by atoms with E-state index < -0.39 is 80.7 Å². The van der Waals surface area contributed by atoms with Gasteiger partial charge in [-0.3, -0.25) is 4.79 Å². The lowest BCUT2D eigenvalue weighted by Crippen LogP contribution is -2.62. The van der Waals surface area contributed by atoms with E-state index in [4.69, 9.17) is 33.2 Å². The third-order valence-corrected chi connectivity index (χ3v) is 7.94. The number of benzene rings is 2. The summed E-state index contributed by atoms with van der Waals surface area (Å²) in [6.07, 6.45) is -16.7. The van der Waals surface area contributed by atoms with Gasteiger partial charge in [0, 0.05) is 12.1 Å². The zero-order valence-electron chi connectivity index (χ0n) is 24.5. The van der Waals surface area contributed by atoms with Crippen LogP contribution in [0.1, 0.15) is 35.4 Å². The first-order chi connectivity index (χ1) is 21.6. The minimum absolute atomic E-state index is 0.0331. The molecule has 0 aromatic heterocycles. The Labute approximate surface area is 258 Å². The molecule has 2 aromatic carbocycles. The van der Waals surface area contributed by atoms with Crippen molar-refractivity contribution in [1.82, 2.24) is 0 Å². The summed E-state index contributed by atoms with van der Waals surface area (Å²) in [5, 5.41) is 71.5. The van der Waals surface area contributed by atoms with Crippen molar-refractivity contribution >= 4 is 5.78 Å².